The topological polar surface area (TPSA) is 59.9 Å². The van der Waals surface area contributed by atoms with Gasteiger partial charge in [-0.05, 0) is 50.3 Å². The zero-order valence-electron chi connectivity index (χ0n) is 17.2. The highest BCUT2D eigenvalue weighted by Gasteiger charge is 2.27. The number of hydrogen-bond acceptors (Lipinski definition) is 6. The number of carbonyl (C=O) groups is 1. The van der Waals surface area contributed by atoms with Gasteiger partial charge < -0.3 is 14.8 Å². The highest BCUT2D eigenvalue weighted by molar-refractivity contribution is 8.13. The number of benzene rings is 2. The van der Waals surface area contributed by atoms with E-state index >= 15 is 0 Å². The first-order valence-electron chi connectivity index (χ1n) is 9.57. The lowest BCUT2D eigenvalue weighted by Crippen LogP contribution is -2.28. The van der Waals surface area contributed by atoms with Gasteiger partial charge in [-0.3, -0.25) is 4.79 Å². The number of rotatable bonds is 7. The first kappa shape index (κ1) is 21.0. The normalized spacial score (nSPS) is 16.1. The molecule has 29 heavy (non-hydrogen) atoms. The standard InChI is InChI=1S/C23H26N2O3S/c1-5-27-20-13-18(11-12-19(20)28-14-17-9-7-6-8-10-17)22-21(16(3)26)15(2)24-23(25-22)29-4/h6-13,22H,5,14H2,1-4H3,(H,24,25)/t22-/m0/s1. The minimum Gasteiger partial charge on any atom is -0.490 e. The Kier molecular flexibility index (Phi) is 6.99. The molecule has 2 aromatic rings. The van der Waals surface area contributed by atoms with E-state index in [1.54, 1.807) is 6.92 Å². The Morgan fingerprint density at radius 3 is 2.55 bits per heavy atom. The Balaban J connectivity index is 1.93. The number of Topliss-reactive ketones (excluding diaryl/α,β-unsaturated/α-hetero) is 1. The number of carbonyl (C=O) groups excluding carboxylic acids is 1. The third-order valence-electron chi connectivity index (χ3n) is 4.61. The zero-order valence-corrected chi connectivity index (χ0v) is 18.0. The number of amidine groups is 1. The first-order chi connectivity index (χ1) is 14.0. The van der Waals surface area contributed by atoms with E-state index in [1.165, 1.54) is 11.8 Å². The van der Waals surface area contributed by atoms with Gasteiger partial charge in [0.25, 0.3) is 0 Å². The van der Waals surface area contributed by atoms with Crippen LogP contribution in [0.4, 0.5) is 0 Å². The predicted octanol–water partition coefficient (Wildman–Crippen LogP) is 4.89. The van der Waals surface area contributed by atoms with Crippen molar-refractivity contribution >= 4 is 22.7 Å². The van der Waals surface area contributed by atoms with Gasteiger partial charge >= 0.3 is 0 Å². The lowest BCUT2D eigenvalue weighted by Gasteiger charge is -2.25. The number of hydrogen-bond donors (Lipinski definition) is 1. The molecule has 5 nitrogen and oxygen atoms in total. The molecule has 3 rings (SSSR count). The zero-order chi connectivity index (χ0) is 20.8. The van der Waals surface area contributed by atoms with Gasteiger partial charge in [-0.2, -0.15) is 0 Å². The maximum absolute atomic E-state index is 12.3. The second kappa shape index (κ2) is 9.65. The van der Waals surface area contributed by atoms with E-state index in [2.05, 4.69) is 5.32 Å². The Bertz CT molecular complexity index is 938. The molecule has 0 unspecified atom stereocenters. The summed E-state index contributed by atoms with van der Waals surface area (Å²) in [5.74, 6) is 1.33. The predicted molar refractivity (Wildman–Crippen MR) is 119 cm³/mol. The summed E-state index contributed by atoms with van der Waals surface area (Å²) in [6.07, 6.45) is 1.96. The van der Waals surface area contributed by atoms with E-state index < -0.39 is 0 Å². The molecular formula is C23H26N2O3S. The third kappa shape index (κ3) is 5.01. The number of allylic oxidation sites excluding steroid dienone is 1. The molecule has 1 N–H and O–H groups in total. The molecule has 1 aliphatic heterocycles. The fourth-order valence-electron chi connectivity index (χ4n) is 3.27. The van der Waals surface area contributed by atoms with Crippen LogP contribution >= 0.6 is 11.8 Å². The average Bonchev–Trinajstić information content (AvgIpc) is 2.72. The van der Waals surface area contributed by atoms with Crippen molar-refractivity contribution < 1.29 is 14.3 Å². The first-order valence-corrected chi connectivity index (χ1v) is 10.8. The smallest absolute Gasteiger partial charge is 0.161 e. The molecule has 0 aliphatic carbocycles. The second-order valence-corrected chi connectivity index (χ2v) is 7.47. The minimum absolute atomic E-state index is 0.00580. The highest BCUT2D eigenvalue weighted by atomic mass is 32.2. The van der Waals surface area contributed by atoms with Crippen LogP contribution in [-0.4, -0.2) is 23.8 Å². The monoisotopic (exact) mass is 410 g/mol. The molecule has 0 amide bonds. The lowest BCUT2D eigenvalue weighted by atomic mass is 9.94. The Morgan fingerprint density at radius 2 is 1.90 bits per heavy atom. The number of aliphatic imine (C=N–C) groups is 1. The molecule has 152 valence electrons. The highest BCUT2D eigenvalue weighted by Crippen LogP contribution is 2.37. The summed E-state index contributed by atoms with van der Waals surface area (Å²) in [6, 6.07) is 15.4. The van der Waals surface area contributed by atoms with Gasteiger partial charge in [0.1, 0.15) is 12.6 Å². The summed E-state index contributed by atoms with van der Waals surface area (Å²) in [5, 5.41) is 3.99. The van der Waals surface area contributed by atoms with Crippen LogP contribution in [0.15, 0.2) is 64.8 Å². The number of ether oxygens (including phenoxy) is 2. The van der Waals surface area contributed by atoms with Crippen molar-refractivity contribution in [3.63, 3.8) is 0 Å². The van der Waals surface area contributed by atoms with E-state index in [0.29, 0.717) is 30.3 Å². The van der Waals surface area contributed by atoms with Crippen LogP contribution in [0.3, 0.4) is 0 Å². The molecule has 0 saturated carbocycles. The Morgan fingerprint density at radius 1 is 1.14 bits per heavy atom. The molecule has 1 atom stereocenters. The van der Waals surface area contributed by atoms with E-state index in [9.17, 15) is 4.79 Å². The minimum atomic E-state index is -0.362. The van der Waals surface area contributed by atoms with Crippen LogP contribution in [-0.2, 0) is 11.4 Å². The van der Waals surface area contributed by atoms with Crippen molar-refractivity contribution in [3.8, 4) is 11.5 Å². The molecule has 6 heteroatoms. The summed E-state index contributed by atoms with van der Waals surface area (Å²) >= 11 is 1.52. The SMILES string of the molecule is CCOc1cc([C@@H]2N=C(SC)NC(C)=C2C(C)=O)ccc1OCc1ccccc1. The molecule has 2 aromatic carbocycles. The molecular weight excluding hydrogens is 384 g/mol. The quantitative estimate of drug-likeness (QED) is 0.704. The summed E-state index contributed by atoms with van der Waals surface area (Å²) in [4.78, 5) is 17.0. The van der Waals surface area contributed by atoms with Crippen molar-refractivity contribution in [2.75, 3.05) is 12.9 Å². The molecule has 0 saturated heterocycles. The summed E-state index contributed by atoms with van der Waals surface area (Å²) in [6.45, 7) is 6.40. The Hall–Kier alpha value is -2.73. The van der Waals surface area contributed by atoms with Crippen molar-refractivity contribution in [1.82, 2.24) is 5.32 Å². The van der Waals surface area contributed by atoms with Crippen LogP contribution in [0.2, 0.25) is 0 Å². The van der Waals surface area contributed by atoms with Gasteiger partial charge in [0.05, 0.1) is 6.61 Å². The molecule has 0 fully saturated rings. The summed E-state index contributed by atoms with van der Waals surface area (Å²) in [5.41, 5.74) is 3.49. The van der Waals surface area contributed by atoms with Gasteiger partial charge in [-0.25, -0.2) is 4.99 Å². The van der Waals surface area contributed by atoms with E-state index in [4.69, 9.17) is 14.5 Å². The largest absolute Gasteiger partial charge is 0.490 e. The van der Waals surface area contributed by atoms with Crippen molar-refractivity contribution in [2.24, 2.45) is 4.99 Å². The van der Waals surface area contributed by atoms with Gasteiger partial charge in [-0.1, -0.05) is 48.2 Å². The van der Waals surface area contributed by atoms with Gasteiger partial charge in [0.2, 0.25) is 0 Å². The molecule has 1 aliphatic rings. The third-order valence-corrected chi connectivity index (χ3v) is 5.21. The van der Waals surface area contributed by atoms with Gasteiger partial charge in [-0.15, -0.1) is 0 Å². The van der Waals surface area contributed by atoms with Gasteiger partial charge in [0.15, 0.2) is 22.4 Å². The lowest BCUT2D eigenvalue weighted by molar-refractivity contribution is -0.114. The molecule has 0 bridgehead atoms. The van der Waals surface area contributed by atoms with Crippen LogP contribution in [0.5, 0.6) is 11.5 Å². The molecule has 1 heterocycles. The maximum atomic E-state index is 12.3. The molecule has 0 radical (unpaired) electrons. The maximum Gasteiger partial charge on any atom is 0.161 e. The number of thioether (sulfide) groups is 1. The van der Waals surface area contributed by atoms with E-state index in [1.807, 2.05) is 68.6 Å². The number of nitrogens with one attached hydrogen (secondary N) is 1. The summed E-state index contributed by atoms with van der Waals surface area (Å²) in [7, 11) is 0. The average molecular weight is 411 g/mol. The number of ketones is 1. The van der Waals surface area contributed by atoms with Crippen molar-refractivity contribution in [3.05, 3.63) is 70.9 Å². The number of nitrogens with zero attached hydrogens (tertiary/aromatic N) is 1. The second-order valence-electron chi connectivity index (χ2n) is 6.67. The van der Waals surface area contributed by atoms with E-state index in [-0.39, 0.29) is 11.8 Å². The van der Waals surface area contributed by atoms with Crippen LogP contribution < -0.4 is 14.8 Å². The fourth-order valence-corrected chi connectivity index (χ4v) is 3.73. The molecule has 0 spiro atoms. The fraction of sp³-hybridized carbons (Fsp3) is 0.304. The van der Waals surface area contributed by atoms with Crippen LogP contribution in [0.1, 0.15) is 37.9 Å². The van der Waals surface area contributed by atoms with Crippen LogP contribution in [0, 0.1) is 0 Å². The van der Waals surface area contributed by atoms with Gasteiger partial charge in [0, 0.05) is 11.3 Å². The Labute approximate surface area is 176 Å². The van der Waals surface area contributed by atoms with Crippen molar-refractivity contribution in [2.45, 2.75) is 33.4 Å². The molecule has 0 aromatic heterocycles. The van der Waals surface area contributed by atoms with Crippen LogP contribution in [0.25, 0.3) is 0 Å². The van der Waals surface area contributed by atoms with E-state index in [0.717, 1.165) is 22.0 Å². The summed E-state index contributed by atoms with van der Waals surface area (Å²) < 4.78 is 11.8. The van der Waals surface area contributed by atoms with Crippen molar-refractivity contribution in [1.29, 1.82) is 0 Å².